The van der Waals surface area contributed by atoms with Crippen LogP contribution in [0.1, 0.15) is 126 Å². The van der Waals surface area contributed by atoms with Crippen molar-refractivity contribution in [3.8, 4) is 63.9 Å². The summed E-state index contributed by atoms with van der Waals surface area (Å²) >= 11 is 0. The summed E-state index contributed by atoms with van der Waals surface area (Å²) in [6.45, 7) is 13.7. The minimum absolute atomic E-state index is 0. The summed E-state index contributed by atoms with van der Waals surface area (Å²) in [5.41, 5.74) is 8.80. The SMILES string of the molecule is C.C=C.COc1c(C)cc2c(c1C)[C@@H]1C3Cc4c(OC(=O)C(F)(F)F)c(C)c5c(c4[C@H](COC(=O)c4ccccc4)N3[C@@H](C#N)[C@H](C2)N1C)OCO5.COc1c(C)cc2c(c1O)[C@@H]1C3Cc4c(OC(=O)C(F)(F)F)c(C)c5c(c4[C@H](COC(=O)CCc4ccccc4)N3[C@@H](C#N)[C@H](C2)N1C)OCO5. The van der Waals surface area contributed by atoms with Gasteiger partial charge in [-0.3, -0.25) is 24.4 Å². The Balaban J connectivity index is 0.000000200. The zero-order valence-electron chi connectivity index (χ0n) is 57.3. The number of benzene rings is 6. The van der Waals surface area contributed by atoms with Gasteiger partial charge in [-0.05, 0) is 132 Å². The largest absolute Gasteiger partial charge is 0.504 e. The van der Waals surface area contributed by atoms with Crippen LogP contribution in [0.3, 0.4) is 0 Å². The molecule has 0 aliphatic carbocycles. The standard InChI is InChI=1S/C37H36F3N3O8.C36H34F3N3O7.C2H4.CH4/c1-18-12-21-13-23-25(15-41)43-24(30(42(23)3)28(21)31(45)32(18)47-4)14-22-29(26(43)16-48-27(44)11-10-20-8-6-5-7-9-20)35-34(49-17-50-35)19(2)33(22)51-36(46)37(38,39)40;1-17-11-21-12-23-25(14-40)42-24(29(41(23)4)27(21)18(2)30(17)45-5)13-22-28(26(42)15-46-34(43)20-9-7-6-8-10-20)33-32(47-16-48-33)19(3)31(22)49-35(44)36(37,38)39;1-2;/h5-9,12,23-26,30,45H,10-11,13-14,16-17H2,1-4H3;6-11,23-26,29H,12-13,15-16H2,1-5H3;1-2H2;1H4/t23-,24?,25-,26-,30-;23-,24?,25-,26-,29-;;/m00../s1. The van der Waals surface area contributed by atoms with Crippen LogP contribution in [-0.4, -0.2) is 152 Å². The fourth-order valence-electron chi connectivity index (χ4n) is 16.8. The lowest BCUT2D eigenvalue weighted by atomic mass is 9.71. The molecule has 4 bridgehead atoms. The number of halogens is 6. The number of aryl methyl sites for hydroxylation is 3. The first kappa shape index (κ1) is 74.1. The number of esters is 4. The molecule has 544 valence electrons. The molecule has 2 fully saturated rings. The Labute approximate surface area is 591 Å². The van der Waals surface area contributed by atoms with Gasteiger partial charge in [-0.15, -0.1) is 13.2 Å². The van der Waals surface area contributed by atoms with Crippen molar-refractivity contribution < 1.29 is 98.0 Å². The lowest BCUT2D eigenvalue weighted by Gasteiger charge is -2.60. The fraction of sp³-hybridized carbons (Fsp3) is 0.421. The Morgan fingerprint density at radius 3 is 1.46 bits per heavy atom. The van der Waals surface area contributed by atoms with Gasteiger partial charge in [0.1, 0.15) is 42.5 Å². The minimum Gasteiger partial charge on any atom is -0.504 e. The number of carbonyl (C=O) groups excluding carboxylic acids is 4. The Morgan fingerprint density at radius 2 is 1.00 bits per heavy atom. The van der Waals surface area contributed by atoms with Crippen molar-refractivity contribution >= 4 is 23.9 Å². The maximum atomic E-state index is 13.7. The highest BCUT2D eigenvalue weighted by molar-refractivity contribution is 5.89. The maximum Gasteiger partial charge on any atom is 0.491 e. The molecule has 10 atom stereocenters. The number of phenolic OH excluding ortho intramolecular Hbond substituents is 1. The number of fused-ring (bicyclic) bond motifs is 18. The molecular weight excluding hydrogens is 1350 g/mol. The molecule has 0 radical (unpaired) electrons. The van der Waals surface area contributed by atoms with E-state index in [4.69, 9.17) is 47.4 Å². The number of carbonyl (C=O) groups is 4. The molecule has 21 nitrogen and oxygen atoms in total. The first-order valence-corrected chi connectivity index (χ1v) is 33.0. The molecule has 103 heavy (non-hydrogen) atoms. The lowest BCUT2D eigenvalue weighted by molar-refractivity contribution is -0.189. The highest BCUT2D eigenvalue weighted by atomic mass is 19.4. The van der Waals surface area contributed by atoms with Crippen molar-refractivity contribution in [1.29, 1.82) is 10.5 Å². The summed E-state index contributed by atoms with van der Waals surface area (Å²) in [6.07, 6.45) is -9.05. The van der Waals surface area contributed by atoms with Crippen LogP contribution >= 0.6 is 0 Å². The van der Waals surface area contributed by atoms with Crippen LogP contribution in [0.5, 0.6) is 51.7 Å². The van der Waals surface area contributed by atoms with Crippen LogP contribution in [0.2, 0.25) is 0 Å². The van der Waals surface area contributed by atoms with E-state index in [1.54, 1.807) is 37.4 Å². The summed E-state index contributed by atoms with van der Waals surface area (Å²) in [5, 5.41) is 33.3. The Hall–Kier alpha value is -10.1. The summed E-state index contributed by atoms with van der Waals surface area (Å²) in [6, 6.07) is 20.6. The van der Waals surface area contributed by atoms with Crippen molar-refractivity contribution in [2.45, 2.75) is 153 Å². The van der Waals surface area contributed by atoms with Crippen LogP contribution in [0.25, 0.3) is 0 Å². The number of likely N-dealkylation sites (N-methyl/N-ethyl adjacent to an activating group) is 2. The van der Waals surface area contributed by atoms with E-state index < -0.39 is 78.5 Å². The van der Waals surface area contributed by atoms with Crippen LogP contribution in [0.15, 0.2) is 86.0 Å². The van der Waals surface area contributed by atoms with Crippen LogP contribution in [0.4, 0.5) is 26.3 Å². The van der Waals surface area contributed by atoms with Gasteiger partial charge in [0.15, 0.2) is 34.5 Å². The summed E-state index contributed by atoms with van der Waals surface area (Å²) in [5.74, 6) is -4.88. The van der Waals surface area contributed by atoms with Crippen LogP contribution in [-0.2, 0) is 56.0 Å². The third kappa shape index (κ3) is 12.8. The Morgan fingerprint density at radius 1 is 0.573 bits per heavy atom. The number of ether oxygens (including phenoxy) is 10. The van der Waals surface area contributed by atoms with Crippen molar-refractivity contribution in [3.05, 3.63) is 169 Å². The van der Waals surface area contributed by atoms with Crippen molar-refractivity contribution in [2.75, 3.05) is 55.1 Å². The molecule has 8 aliphatic rings. The normalized spacial score (nSPS) is 23.0. The van der Waals surface area contributed by atoms with Crippen molar-refractivity contribution in [2.24, 2.45) is 0 Å². The molecule has 1 N–H and O–H groups in total. The number of alkyl halides is 6. The van der Waals surface area contributed by atoms with Crippen molar-refractivity contribution in [1.82, 2.24) is 19.6 Å². The van der Waals surface area contributed by atoms with E-state index in [9.17, 15) is 61.2 Å². The number of hydrogen-bond acceptors (Lipinski definition) is 21. The number of nitriles is 2. The molecule has 8 heterocycles. The second-order valence-electron chi connectivity index (χ2n) is 26.2. The molecule has 2 saturated heterocycles. The first-order valence-electron chi connectivity index (χ1n) is 33.0. The number of piperazine rings is 2. The monoisotopic (exact) mass is 1430 g/mol. The fourth-order valence-corrected chi connectivity index (χ4v) is 16.8. The molecule has 0 aromatic heterocycles. The van der Waals surface area contributed by atoms with E-state index in [0.29, 0.717) is 52.6 Å². The van der Waals surface area contributed by atoms with E-state index in [2.05, 4.69) is 36.3 Å². The minimum atomic E-state index is -5.29. The smallest absolute Gasteiger partial charge is 0.491 e. The summed E-state index contributed by atoms with van der Waals surface area (Å²) in [7, 11) is 6.85. The van der Waals surface area contributed by atoms with E-state index in [0.717, 1.165) is 39.1 Å². The molecule has 0 amide bonds. The predicted molar refractivity (Wildman–Crippen MR) is 359 cm³/mol. The molecule has 27 heteroatoms. The van der Waals surface area contributed by atoms with E-state index in [-0.39, 0.29) is 134 Å². The number of phenols is 1. The van der Waals surface area contributed by atoms with Crippen LogP contribution in [0, 0.1) is 57.3 Å². The third-order valence-electron chi connectivity index (χ3n) is 20.9. The summed E-state index contributed by atoms with van der Waals surface area (Å²) < 4.78 is 139. The Kier molecular flexibility index (Phi) is 20.9. The highest BCUT2D eigenvalue weighted by Gasteiger charge is 2.60. The van der Waals surface area contributed by atoms with Crippen molar-refractivity contribution in [3.63, 3.8) is 0 Å². The molecular formula is C76H78F6N6O15. The van der Waals surface area contributed by atoms with E-state index >= 15 is 0 Å². The second kappa shape index (κ2) is 29.0. The zero-order chi connectivity index (χ0) is 73.3. The van der Waals surface area contributed by atoms with Gasteiger partial charge in [-0.1, -0.05) is 68.1 Å². The predicted octanol–water partition coefficient (Wildman–Crippen LogP) is 12.0. The molecule has 8 aliphatic heterocycles. The van der Waals surface area contributed by atoms with Crippen LogP contribution < -0.4 is 37.9 Å². The number of hydrogen-bond donors (Lipinski definition) is 1. The first-order chi connectivity index (χ1) is 48.7. The molecule has 0 spiro atoms. The van der Waals surface area contributed by atoms with Gasteiger partial charge in [0, 0.05) is 69.5 Å². The number of methoxy groups -OCH3 is 2. The molecule has 2 unspecified atom stereocenters. The van der Waals surface area contributed by atoms with E-state index in [1.165, 1.54) is 21.0 Å². The molecule has 14 rings (SSSR count). The Bertz CT molecular complexity index is 4430. The quantitative estimate of drug-likeness (QED) is 0.0518. The zero-order valence-corrected chi connectivity index (χ0v) is 57.3. The highest BCUT2D eigenvalue weighted by Crippen LogP contribution is 2.61. The molecule has 0 saturated carbocycles. The van der Waals surface area contributed by atoms with Gasteiger partial charge in [0.25, 0.3) is 0 Å². The summed E-state index contributed by atoms with van der Waals surface area (Å²) in [4.78, 5) is 59.4. The third-order valence-corrected chi connectivity index (χ3v) is 20.9. The number of aromatic hydroxyl groups is 1. The van der Waals surface area contributed by atoms with Gasteiger partial charge >= 0.3 is 36.2 Å². The number of nitrogens with zero attached hydrogens (tertiary/aromatic N) is 6. The van der Waals surface area contributed by atoms with E-state index in [1.807, 2.05) is 86.0 Å². The van der Waals surface area contributed by atoms with Gasteiger partial charge < -0.3 is 52.5 Å². The maximum absolute atomic E-state index is 13.7. The second-order valence-corrected chi connectivity index (χ2v) is 26.2. The average molecular weight is 1430 g/mol. The molecule has 6 aromatic rings. The van der Waals surface area contributed by atoms with Gasteiger partial charge in [-0.25, -0.2) is 14.4 Å². The topological polar surface area (TPSA) is 241 Å². The average Bonchev–Trinajstić information content (AvgIpc) is 1.28. The van der Waals surface area contributed by atoms with Gasteiger partial charge in [0.2, 0.25) is 13.6 Å². The van der Waals surface area contributed by atoms with Gasteiger partial charge in [0.05, 0.1) is 56.1 Å². The number of rotatable bonds is 12. The molecule has 6 aromatic carbocycles. The lowest BCUT2D eigenvalue weighted by Crippen LogP contribution is -2.68. The van der Waals surface area contributed by atoms with Gasteiger partial charge in [-0.2, -0.15) is 36.9 Å².